The highest BCUT2D eigenvalue weighted by atomic mass is 19.1. The predicted molar refractivity (Wildman–Crippen MR) is 113 cm³/mol. The fourth-order valence-electron chi connectivity index (χ4n) is 3.66. The molecule has 0 saturated carbocycles. The maximum absolute atomic E-state index is 15.5. The van der Waals surface area contributed by atoms with Crippen LogP contribution in [-0.4, -0.2) is 40.1 Å². The summed E-state index contributed by atoms with van der Waals surface area (Å²) in [6, 6.07) is 7.86. The first kappa shape index (κ1) is 18.2. The molecule has 0 bridgehead atoms. The van der Waals surface area contributed by atoms with Crippen LogP contribution in [0.5, 0.6) is 0 Å². The Kier molecular flexibility index (Phi) is 3.97. The lowest BCUT2D eigenvalue weighted by Gasteiger charge is -2.03. The SMILES string of the molecule is Fc1cccc(-c2nccc3[nH]c(-c4n[nH]c5cnc(-c6cncnc6)c(F)c45)nc23)c1. The summed E-state index contributed by atoms with van der Waals surface area (Å²) < 4.78 is 29.3. The van der Waals surface area contributed by atoms with Crippen molar-refractivity contribution in [2.45, 2.75) is 0 Å². The Bertz CT molecular complexity index is 1610. The number of hydrogen-bond acceptors (Lipinski definition) is 6. The van der Waals surface area contributed by atoms with Gasteiger partial charge in [-0.3, -0.25) is 15.1 Å². The number of aromatic nitrogens is 8. The molecule has 5 aromatic heterocycles. The first-order valence-electron chi connectivity index (χ1n) is 9.58. The molecule has 32 heavy (non-hydrogen) atoms. The second-order valence-corrected chi connectivity index (χ2v) is 7.06. The van der Waals surface area contributed by atoms with Crippen LogP contribution in [0.25, 0.3) is 56.0 Å². The van der Waals surface area contributed by atoms with E-state index in [1.807, 2.05) is 0 Å². The number of fused-ring (bicyclic) bond motifs is 2. The number of hydrogen-bond donors (Lipinski definition) is 2. The number of aromatic amines is 2. The third-order valence-electron chi connectivity index (χ3n) is 5.10. The Morgan fingerprint density at radius 1 is 0.812 bits per heavy atom. The van der Waals surface area contributed by atoms with Gasteiger partial charge in [0, 0.05) is 29.7 Å². The molecule has 6 aromatic rings. The van der Waals surface area contributed by atoms with E-state index in [0.717, 1.165) is 0 Å². The van der Waals surface area contributed by atoms with Crippen molar-refractivity contribution in [1.29, 1.82) is 0 Å². The minimum absolute atomic E-state index is 0.110. The van der Waals surface area contributed by atoms with Crippen LogP contribution >= 0.6 is 0 Å². The monoisotopic (exact) mass is 426 g/mol. The van der Waals surface area contributed by atoms with E-state index in [0.29, 0.717) is 44.9 Å². The Balaban J connectivity index is 1.55. The normalized spacial score (nSPS) is 11.4. The Labute approximate surface area is 178 Å². The molecule has 10 heteroatoms. The maximum atomic E-state index is 15.5. The first-order valence-corrected chi connectivity index (χ1v) is 9.58. The standard InChI is InChI=1S/C22H12F2N8/c23-13-3-1-2-11(6-13)19-20-14(4-5-27-19)29-22(30-20)21-16-15(31-32-21)9-28-18(17(16)24)12-7-25-10-26-8-12/h1-10H,(H,29,30)(H,31,32). The van der Waals surface area contributed by atoms with Crippen molar-refractivity contribution in [3.63, 3.8) is 0 Å². The van der Waals surface area contributed by atoms with Gasteiger partial charge in [-0.15, -0.1) is 0 Å². The number of rotatable bonds is 3. The third kappa shape index (κ3) is 2.81. The van der Waals surface area contributed by atoms with Crippen molar-refractivity contribution in [2.24, 2.45) is 0 Å². The van der Waals surface area contributed by atoms with E-state index in [2.05, 4.69) is 40.1 Å². The molecule has 0 aliphatic rings. The molecule has 0 unspecified atom stereocenters. The van der Waals surface area contributed by atoms with Crippen LogP contribution in [-0.2, 0) is 0 Å². The number of H-pyrrole nitrogens is 2. The van der Waals surface area contributed by atoms with Gasteiger partial charge in [0.05, 0.1) is 28.3 Å². The van der Waals surface area contributed by atoms with Gasteiger partial charge in [-0.1, -0.05) is 12.1 Å². The smallest absolute Gasteiger partial charge is 0.161 e. The molecule has 0 saturated heterocycles. The molecule has 0 fully saturated rings. The number of pyridine rings is 2. The highest BCUT2D eigenvalue weighted by Crippen LogP contribution is 2.33. The Morgan fingerprint density at radius 2 is 1.69 bits per heavy atom. The zero-order valence-electron chi connectivity index (χ0n) is 16.2. The molecule has 2 N–H and O–H groups in total. The van der Waals surface area contributed by atoms with Crippen LogP contribution in [0.1, 0.15) is 0 Å². The van der Waals surface area contributed by atoms with E-state index >= 15 is 4.39 Å². The lowest BCUT2D eigenvalue weighted by molar-refractivity contribution is 0.628. The van der Waals surface area contributed by atoms with Crippen molar-refractivity contribution in [3.8, 4) is 34.0 Å². The third-order valence-corrected chi connectivity index (χ3v) is 5.10. The molecule has 154 valence electrons. The lowest BCUT2D eigenvalue weighted by atomic mass is 10.1. The molecule has 1 aromatic carbocycles. The van der Waals surface area contributed by atoms with Crippen molar-refractivity contribution >= 4 is 21.9 Å². The van der Waals surface area contributed by atoms with Gasteiger partial charge in [0.1, 0.15) is 29.0 Å². The minimum atomic E-state index is -0.565. The molecule has 0 aliphatic heterocycles. The van der Waals surface area contributed by atoms with Crippen LogP contribution < -0.4 is 0 Å². The molecule has 8 nitrogen and oxygen atoms in total. The van der Waals surface area contributed by atoms with Crippen LogP contribution in [0.2, 0.25) is 0 Å². The fourth-order valence-corrected chi connectivity index (χ4v) is 3.66. The summed E-state index contributed by atoms with van der Waals surface area (Å²) in [5.41, 5.74) is 3.55. The summed E-state index contributed by atoms with van der Waals surface area (Å²) in [7, 11) is 0. The molecular formula is C22H12F2N8. The Hall–Kier alpha value is -4.60. The van der Waals surface area contributed by atoms with Crippen LogP contribution in [0.4, 0.5) is 8.78 Å². The number of nitrogens with one attached hydrogen (secondary N) is 2. The van der Waals surface area contributed by atoms with Gasteiger partial charge in [-0.25, -0.2) is 23.7 Å². The fraction of sp³-hybridized carbons (Fsp3) is 0. The Morgan fingerprint density at radius 3 is 2.53 bits per heavy atom. The molecule has 0 spiro atoms. The molecule has 0 amide bonds. The van der Waals surface area contributed by atoms with Crippen molar-refractivity contribution in [2.75, 3.05) is 0 Å². The average molecular weight is 426 g/mol. The second-order valence-electron chi connectivity index (χ2n) is 7.06. The van der Waals surface area contributed by atoms with Gasteiger partial charge in [0.15, 0.2) is 11.6 Å². The summed E-state index contributed by atoms with van der Waals surface area (Å²) in [6.07, 6.45) is 7.44. The van der Waals surface area contributed by atoms with Crippen molar-refractivity contribution in [1.82, 2.24) is 40.1 Å². The average Bonchev–Trinajstić information content (AvgIpc) is 3.44. The highest BCUT2D eigenvalue weighted by Gasteiger charge is 2.21. The summed E-state index contributed by atoms with van der Waals surface area (Å²) >= 11 is 0. The number of halogens is 2. The zero-order valence-corrected chi connectivity index (χ0v) is 16.2. The highest BCUT2D eigenvalue weighted by molar-refractivity contribution is 5.97. The van der Waals surface area contributed by atoms with E-state index in [1.165, 1.54) is 37.1 Å². The van der Waals surface area contributed by atoms with Crippen LogP contribution in [0.3, 0.4) is 0 Å². The van der Waals surface area contributed by atoms with Crippen molar-refractivity contribution < 1.29 is 8.78 Å². The molecule has 0 radical (unpaired) electrons. The van der Waals surface area contributed by atoms with E-state index in [4.69, 9.17) is 0 Å². The molecule has 6 rings (SSSR count). The number of benzene rings is 1. The van der Waals surface area contributed by atoms with E-state index in [9.17, 15) is 4.39 Å². The van der Waals surface area contributed by atoms with Gasteiger partial charge in [-0.2, -0.15) is 5.10 Å². The number of nitrogens with zero attached hydrogens (tertiary/aromatic N) is 6. The van der Waals surface area contributed by atoms with Gasteiger partial charge >= 0.3 is 0 Å². The molecule has 0 atom stereocenters. The van der Waals surface area contributed by atoms with E-state index < -0.39 is 5.82 Å². The summed E-state index contributed by atoms with van der Waals surface area (Å²) in [4.78, 5) is 24.2. The van der Waals surface area contributed by atoms with Gasteiger partial charge in [0.2, 0.25) is 0 Å². The van der Waals surface area contributed by atoms with Crippen molar-refractivity contribution in [3.05, 3.63) is 73.1 Å². The second kappa shape index (κ2) is 6.98. The molecule has 5 heterocycles. The summed E-state index contributed by atoms with van der Waals surface area (Å²) in [5.74, 6) is -0.593. The quantitative estimate of drug-likeness (QED) is 0.437. The zero-order chi connectivity index (χ0) is 21.7. The first-order chi connectivity index (χ1) is 15.7. The van der Waals surface area contributed by atoms with E-state index in [-0.39, 0.29) is 16.9 Å². The van der Waals surface area contributed by atoms with Gasteiger partial charge < -0.3 is 4.98 Å². The van der Waals surface area contributed by atoms with Crippen LogP contribution in [0, 0.1) is 11.6 Å². The van der Waals surface area contributed by atoms with E-state index in [1.54, 1.807) is 24.4 Å². The number of imidazole rings is 1. The minimum Gasteiger partial charge on any atom is -0.336 e. The largest absolute Gasteiger partial charge is 0.336 e. The van der Waals surface area contributed by atoms with Gasteiger partial charge in [-0.05, 0) is 18.2 Å². The maximum Gasteiger partial charge on any atom is 0.161 e. The van der Waals surface area contributed by atoms with Crippen LogP contribution in [0.15, 0.2) is 61.4 Å². The lowest BCUT2D eigenvalue weighted by Crippen LogP contribution is -1.93. The topological polar surface area (TPSA) is 109 Å². The summed E-state index contributed by atoms with van der Waals surface area (Å²) in [5, 5.41) is 7.29. The van der Waals surface area contributed by atoms with Gasteiger partial charge in [0.25, 0.3) is 0 Å². The molecule has 0 aliphatic carbocycles. The molecular weight excluding hydrogens is 414 g/mol. The summed E-state index contributed by atoms with van der Waals surface area (Å²) in [6.45, 7) is 0. The predicted octanol–water partition coefficient (Wildman–Crippen LogP) is 4.30.